The van der Waals surface area contributed by atoms with E-state index in [0.717, 1.165) is 19.5 Å². The summed E-state index contributed by atoms with van der Waals surface area (Å²) in [4.78, 5) is 12.3. The Morgan fingerprint density at radius 1 is 1.12 bits per heavy atom. The monoisotopic (exact) mass is 353 g/mol. The maximum atomic E-state index is 13.0. The van der Waals surface area contributed by atoms with Gasteiger partial charge in [-0.3, -0.25) is 0 Å². The molecule has 1 aliphatic rings. The molecule has 0 fully saturated rings. The predicted octanol–water partition coefficient (Wildman–Crippen LogP) is 4.76. The minimum Gasteiger partial charge on any atom is -0.439 e. The van der Waals surface area contributed by atoms with Gasteiger partial charge in [-0.15, -0.1) is 11.3 Å². The van der Waals surface area contributed by atoms with Crippen molar-refractivity contribution in [1.29, 1.82) is 0 Å². The molecular weight excluding hydrogens is 337 g/mol. The minimum atomic E-state index is -0.294. The number of aromatic nitrogens is 2. The van der Waals surface area contributed by atoms with Crippen LogP contribution in [0.1, 0.15) is 11.3 Å². The molecule has 25 heavy (non-hydrogen) atoms. The minimum absolute atomic E-state index is 0.294. The summed E-state index contributed by atoms with van der Waals surface area (Å²) in [5, 5.41) is 2.10. The lowest BCUT2D eigenvalue weighted by atomic mass is 10.1. The molecule has 3 heterocycles. The summed E-state index contributed by atoms with van der Waals surface area (Å²) in [5.41, 5.74) is 1.38. The predicted molar refractivity (Wildman–Crippen MR) is 97.6 cm³/mol. The molecule has 0 atom stereocenters. The molecule has 2 aromatic heterocycles. The van der Waals surface area contributed by atoms with Crippen LogP contribution in [0, 0.1) is 5.82 Å². The number of halogens is 1. The quantitative estimate of drug-likeness (QED) is 0.678. The van der Waals surface area contributed by atoms with Gasteiger partial charge in [0.2, 0.25) is 11.8 Å². The fraction of sp³-hybridized carbons (Fsp3) is 0.158. The summed E-state index contributed by atoms with van der Waals surface area (Å²) in [7, 11) is 0. The highest BCUT2D eigenvalue weighted by atomic mass is 32.1. The van der Waals surface area contributed by atoms with E-state index < -0.39 is 0 Å². The number of hydrogen-bond acceptors (Lipinski definition) is 5. The summed E-state index contributed by atoms with van der Waals surface area (Å²) in [5.74, 6) is 1.34. The van der Waals surface area contributed by atoms with Crippen LogP contribution in [-0.4, -0.2) is 23.1 Å². The maximum absolute atomic E-state index is 13.0. The van der Waals surface area contributed by atoms with Crippen LogP contribution in [0.25, 0.3) is 5.57 Å². The summed E-state index contributed by atoms with van der Waals surface area (Å²) in [6, 6.07) is 11.8. The molecule has 6 heteroatoms. The van der Waals surface area contributed by atoms with E-state index in [4.69, 9.17) is 4.74 Å². The molecule has 1 aliphatic heterocycles. The van der Waals surface area contributed by atoms with Crippen molar-refractivity contribution in [3.63, 3.8) is 0 Å². The summed E-state index contributed by atoms with van der Waals surface area (Å²) in [6.07, 6.45) is 4.87. The van der Waals surface area contributed by atoms with Gasteiger partial charge in [-0.05, 0) is 47.7 Å². The van der Waals surface area contributed by atoms with Gasteiger partial charge < -0.3 is 9.64 Å². The topological polar surface area (TPSA) is 38.2 Å². The fourth-order valence-electron chi connectivity index (χ4n) is 2.70. The lowest BCUT2D eigenvalue weighted by Crippen LogP contribution is -2.29. The van der Waals surface area contributed by atoms with Crippen molar-refractivity contribution < 1.29 is 9.13 Å². The van der Waals surface area contributed by atoms with Crippen LogP contribution in [0.15, 0.2) is 60.1 Å². The molecule has 0 saturated carbocycles. The van der Waals surface area contributed by atoms with Gasteiger partial charge in [0.05, 0.1) is 0 Å². The number of benzene rings is 1. The van der Waals surface area contributed by atoms with Crippen molar-refractivity contribution in [3.05, 3.63) is 70.8 Å². The molecule has 0 unspecified atom stereocenters. The van der Waals surface area contributed by atoms with Gasteiger partial charge in [0.25, 0.3) is 0 Å². The van der Waals surface area contributed by atoms with Crippen LogP contribution in [0.5, 0.6) is 11.6 Å². The van der Waals surface area contributed by atoms with Gasteiger partial charge in [-0.25, -0.2) is 9.37 Å². The highest BCUT2D eigenvalue weighted by Gasteiger charge is 2.16. The molecule has 0 aliphatic carbocycles. The van der Waals surface area contributed by atoms with Crippen LogP contribution in [0.2, 0.25) is 0 Å². The SMILES string of the molecule is Fc1ccc(Oc2ccnc(N3CC=C(c4cccs4)CC3)n2)cc1. The van der Waals surface area contributed by atoms with Crippen LogP contribution in [0.3, 0.4) is 0 Å². The molecule has 0 saturated heterocycles. The first-order valence-electron chi connectivity index (χ1n) is 8.02. The number of hydrogen-bond donors (Lipinski definition) is 0. The van der Waals surface area contributed by atoms with Gasteiger partial charge in [0, 0.05) is 30.2 Å². The Morgan fingerprint density at radius 3 is 2.72 bits per heavy atom. The average molecular weight is 353 g/mol. The summed E-state index contributed by atoms with van der Waals surface area (Å²) in [6.45, 7) is 1.64. The normalized spacial score (nSPS) is 14.3. The van der Waals surface area contributed by atoms with E-state index in [1.807, 2.05) is 0 Å². The van der Waals surface area contributed by atoms with Gasteiger partial charge in [0.1, 0.15) is 11.6 Å². The lowest BCUT2D eigenvalue weighted by Gasteiger charge is -2.26. The number of nitrogens with zero attached hydrogens (tertiary/aromatic N) is 3. The van der Waals surface area contributed by atoms with E-state index in [9.17, 15) is 4.39 Å². The first-order chi connectivity index (χ1) is 12.3. The highest BCUT2D eigenvalue weighted by molar-refractivity contribution is 7.11. The van der Waals surface area contributed by atoms with Crippen LogP contribution in [-0.2, 0) is 0 Å². The molecule has 0 radical (unpaired) electrons. The van der Waals surface area contributed by atoms with Crippen LogP contribution >= 0.6 is 11.3 Å². The summed E-state index contributed by atoms with van der Waals surface area (Å²) >= 11 is 1.77. The fourth-order valence-corrected chi connectivity index (χ4v) is 3.50. The van der Waals surface area contributed by atoms with Crippen molar-refractivity contribution >= 4 is 22.9 Å². The average Bonchev–Trinajstić information content (AvgIpc) is 3.19. The maximum Gasteiger partial charge on any atom is 0.228 e. The third kappa shape index (κ3) is 3.69. The second kappa shape index (κ2) is 7.03. The number of anilines is 1. The molecule has 4 nitrogen and oxygen atoms in total. The zero-order valence-electron chi connectivity index (χ0n) is 13.4. The van der Waals surface area contributed by atoms with Crippen molar-refractivity contribution in [2.24, 2.45) is 0 Å². The first-order valence-corrected chi connectivity index (χ1v) is 8.90. The third-order valence-electron chi connectivity index (χ3n) is 3.98. The largest absolute Gasteiger partial charge is 0.439 e. The van der Waals surface area contributed by atoms with E-state index in [0.29, 0.717) is 17.6 Å². The number of thiophene rings is 1. The van der Waals surface area contributed by atoms with Crippen LogP contribution in [0.4, 0.5) is 10.3 Å². The summed E-state index contributed by atoms with van der Waals surface area (Å²) < 4.78 is 18.7. The Kier molecular flexibility index (Phi) is 4.43. The molecular formula is C19H16FN3OS. The van der Waals surface area contributed by atoms with E-state index in [2.05, 4.69) is 38.5 Å². The van der Waals surface area contributed by atoms with Gasteiger partial charge in [-0.2, -0.15) is 4.98 Å². The van der Waals surface area contributed by atoms with Crippen molar-refractivity contribution in [1.82, 2.24) is 9.97 Å². The first kappa shape index (κ1) is 15.8. The van der Waals surface area contributed by atoms with Gasteiger partial charge in [-0.1, -0.05) is 12.1 Å². The Morgan fingerprint density at radius 2 is 2.00 bits per heavy atom. The van der Waals surface area contributed by atoms with Gasteiger partial charge >= 0.3 is 0 Å². The zero-order chi connectivity index (χ0) is 17.1. The Labute approximate surface area is 149 Å². The molecule has 1 aromatic carbocycles. The van der Waals surface area contributed by atoms with E-state index in [1.165, 1.54) is 22.6 Å². The Bertz CT molecular complexity index is 878. The van der Waals surface area contributed by atoms with Gasteiger partial charge in [0.15, 0.2) is 0 Å². The second-order valence-corrected chi connectivity index (χ2v) is 6.60. The standard InChI is InChI=1S/C19H16FN3OS/c20-15-3-5-16(6-4-15)24-18-7-10-21-19(22-18)23-11-8-14(9-12-23)17-2-1-13-25-17/h1-8,10,13H,9,11-12H2. The van der Waals surface area contributed by atoms with Crippen molar-refractivity contribution in [2.45, 2.75) is 6.42 Å². The smallest absolute Gasteiger partial charge is 0.228 e. The molecule has 0 amide bonds. The van der Waals surface area contributed by atoms with E-state index >= 15 is 0 Å². The number of ether oxygens (including phenoxy) is 1. The lowest BCUT2D eigenvalue weighted by molar-refractivity contribution is 0.459. The molecule has 0 N–H and O–H groups in total. The van der Waals surface area contributed by atoms with E-state index in [1.54, 1.807) is 35.7 Å². The second-order valence-electron chi connectivity index (χ2n) is 5.65. The molecule has 126 valence electrons. The van der Waals surface area contributed by atoms with Crippen molar-refractivity contribution in [2.75, 3.05) is 18.0 Å². The van der Waals surface area contributed by atoms with Crippen molar-refractivity contribution in [3.8, 4) is 11.6 Å². The Hall–Kier alpha value is -2.73. The number of rotatable bonds is 4. The zero-order valence-corrected chi connectivity index (χ0v) is 14.2. The molecule has 0 spiro atoms. The highest BCUT2D eigenvalue weighted by Crippen LogP contribution is 2.28. The van der Waals surface area contributed by atoms with E-state index in [-0.39, 0.29) is 5.82 Å². The molecule has 0 bridgehead atoms. The van der Waals surface area contributed by atoms with Crippen LogP contribution < -0.4 is 9.64 Å². The third-order valence-corrected chi connectivity index (χ3v) is 4.93. The molecule has 3 aromatic rings. The molecule has 4 rings (SSSR count). The Balaban J connectivity index is 1.47.